The summed E-state index contributed by atoms with van der Waals surface area (Å²) >= 11 is 0. The van der Waals surface area contributed by atoms with Crippen molar-refractivity contribution in [3.63, 3.8) is 0 Å². The molecule has 0 bridgehead atoms. The average Bonchev–Trinajstić information content (AvgIpc) is 2.61. The molecule has 1 aliphatic heterocycles. The van der Waals surface area contributed by atoms with Gasteiger partial charge in [-0.3, -0.25) is 9.69 Å². The molecule has 1 saturated heterocycles. The van der Waals surface area contributed by atoms with E-state index in [1.807, 2.05) is 6.07 Å². The van der Waals surface area contributed by atoms with Crippen LogP contribution in [0.25, 0.3) is 0 Å². The van der Waals surface area contributed by atoms with Crippen LogP contribution in [0.3, 0.4) is 0 Å². The summed E-state index contributed by atoms with van der Waals surface area (Å²) in [5, 5.41) is 0. The highest BCUT2D eigenvalue weighted by Crippen LogP contribution is 2.40. The lowest BCUT2D eigenvalue weighted by molar-refractivity contribution is -0.119. The summed E-state index contributed by atoms with van der Waals surface area (Å²) in [4.78, 5) is 13.7. The van der Waals surface area contributed by atoms with Gasteiger partial charge in [0.25, 0.3) is 5.91 Å². The summed E-state index contributed by atoms with van der Waals surface area (Å²) in [6, 6.07) is 17.6. The quantitative estimate of drug-likeness (QED) is 0.871. The lowest BCUT2D eigenvalue weighted by Gasteiger charge is -2.45. The van der Waals surface area contributed by atoms with Gasteiger partial charge in [-0.15, -0.1) is 0 Å². The zero-order chi connectivity index (χ0) is 17.9. The molecular formula is C22H26N2O2. The van der Waals surface area contributed by atoms with Gasteiger partial charge in [0.1, 0.15) is 5.75 Å². The number of primary amides is 1. The molecule has 1 fully saturated rings. The van der Waals surface area contributed by atoms with Crippen LogP contribution < -0.4 is 10.5 Å². The number of carbonyl (C=O) groups is 1. The molecule has 0 aromatic heterocycles. The van der Waals surface area contributed by atoms with E-state index in [2.05, 4.69) is 47.4 Å². The van der Waals surface area contributed by atoms with E-state index in [-0.39, 0.29) is 6.61 Å². The first-order valence-electron chi connectivity index (χ1n) is 9.52. The molecule has 26 heavy (non-hydrogen) atoms. The van der Waals surface area contributed by atoms with Crippen LogP contribution in [-0.4, -0.2) is 36.5 Å². The van der Waals surface area contributed by atoms with Crippen molar-refractivity contribution in [1.82, 2.24) is 4.90 Å². The van der Waals surface area contributed by atoms with Gasteiger partial charge in [-0.1, -0.05) is 36.4 Å². The molecule has 2 N–H and O–H groups in total. The number of likely N-dealkylation sites (tertiary alicyclic amines) is 1. The van der Waals surface area contributed by atoms with Crippen LogP contribution in [0.5, 0.6) is 5.75 Å². The van der Waals surface area contributed by atoms with Gasteiger partial charge in [-0.2, -0.15) is 0 Å². The van der Waals surface area contributed by atoms with Crippen molar-refractivity contribution in [2.45, 2.75) is 37.6 Å². The fourth-order valence-electron chi connectivity index (χ4n) is 4.33. The van der Waals surface area contributed by atoms with Crippen molar-refractivity contribution < 1.29 is 9.53 Å². The maximum absolute atomic E-state index is 11.0. The predicted molar refractivity (Wildman–Crippen MR) is 102 cm³/mol. The van der Waals surface area contributed by atoms with Gasteiger partial charge in [0.15, 0.2) is 6.61 Å². The number of ether oxygens (including phenoxy) is 1. The van der Waals surface area contributed by atoms with Crippen molar-refractivity contribution >= 4 is 5.91 Å². The molecule has 2 aliphatic rings. The molecule has 4 rings (SSSR count). The molecule has 136 valence electrons. The number of amides is 1. The van der Waals surface area contributed by atoms with Crippen LogP contribution in [0, 0.1) is 0 Å². The molecule has 1 amide bonds. The SMILES string of the molecule is NC(=O)COc1ccc2c(c1)C(Cc1ccccc1)C(N1CCC1)CC2. The number of carbonyl (C=O) groups excluding carboxylic acids is 1. The third kappa shape index (κ3) is 3.61. The Morgan fingerprint density at radius 2 is 1.96 bits per heavy atom. The van der Waals surface area contributed by atoms with Crippen LogP contribution in [0.4, 0.5) is 0 Å². The Morgan fingerprint density at radius 3 is 2.65 bits per heavy atom. The Morgan fingerprint density at radius 1 is 1.15 bits per heavy atom. The van der Waals surface area contributed by atoms with Crippen LogP contribution in [-0.2, 0) is 17.6 Å². The number of hydrogen-bond donors (Lipinski definition) is 1. The highest BCUT2D eigenvalue weighted by atomic mass is 16.5. The Bertz CT molecular complexity index is 771. The zero-order valence-electron chi connectivity index (χ0n) is 15.1. The van der Waals surface area contributed by atoms with E-state index in [9.17, 15) is 4.79 Å². The molecule has 1 heterocycles. The summed E-state index contributed by atoms with van der Waals surface area (Å²) in [7, 11) is 0. The second-order valence-electron chi connectivity index (χ2n) is 7.41. The van der Waals surface area contributed by atoms with Gasteiger partial charge < -0.3 is 10.5 Å². The van der Waals surface area contributed by atoms with Gasteiger partial charge in [-0.25, -0.2) is 0 Å². The number of aryl methyl sites for hydroxylation is 1. The molecule has 0 radical (unpaired) electrons. The van der Waals surface area contributed by atoms with E-state index in [0.29, 0.717) is 12.0 Å². The van der Waals surface area contributed by atoms with Crippen molar-refractivity contribution in [3.8, 4) is 5.75 Å². The monoisotopic (exact) mass is 350 g/mol. The van der Waals surface area contributed by atoms with Gasteiger partial charge in [-0.05, 0) is 67.6 Å². The molecule has 4 nitrogen and oxygen atoms in total. The van der Waals surface area contributed by atoms with E-state index >= 15 is 0 Å². The molecule has 2 unspecified atom stereocenters. The first-order valence-corrected chi connectivity index (χ1v) is 9.52. The smallest absolute Gasteiger partial charge is 0.255 e. The summed E-state index contributed by atoms with van der Waals surface area (Å²) in [6.07, 6.45) is 4.67. The van der Waals surface area contributed by atoms with Gasteiger partial charge in [0.2, 0.25) is 0 Å². The van der Waals surface area contributed by atoms with Crippen LogP contribution in [0.1, 0.15) is 35.4 Å². The summed E-state index contributed by atoms with van der Waals surface area (Å²) in [5.74, 6) is 0.755. The highest BCUT2D eigenvalue weighted by molar-refractivity contribution is 5.75. The Kier molecular flexibility index (Phi) is 4.93. The second kappa shape index (κ2) is 7.50. The predicted octanol–water partition coefficient (Wildman–Crippen LogP) is 2.90. The fourth-order valence-corrected chi connectivity index (χ4v) is 4.33. The standard InChI is InChI=1S/C22H26N2O2/c23-22(25)15-26-18-9-7-17-8-10-21(24-11-4-12-24)20(19(17)14-18)13-16-5-2-1-3-6-16/h1-3,5-7,9,14,20-21H,4,8,10-13,15H2,(H2,23,25). The number of nitrogens with two attached hydrogens (primary N) is 1. The molecular weight excluding hydrogens is 324 g/mol. The summed E-state index contributed by atoms with van der Waals surface area (Å²) < 4.78 is 5.58. The minimum absolute atomic E-state index is 0.0717. The van der Waals surface area contributed by atoms with Crippen molar-refractivity contribution in [2.24, 2.45) is 5.73 Å². The molecule has 2 aromatic rings. The van der Waals surface area contributed by atoms with Crippen LogP contribution >= 0.6 is 0 Å². The lowest BCUT2D eigenvalue weighted by Crippen LogP contribution is -2.49. The minimum Gasteiger partial charge on any atom is -0.484 e. The third-order valence-corrected chi connectivity index (χ3v) is 5.73. The zero-order valence-corrected chi connectivity index (χ0v) is 15.1. The van der Waals surface area contributed by atoms with E-state index in [1.165, 1.54) is 42.6 Å². The third-order valence-electron chi connectivity index (χ3n) is 5.73. The number of benzene rings is 2. The fraction of sp³-hybridized carbons (Fsp3) is 0.409. The maximum atomic E-state index is 11.0. The largest absolute Gasteiger partial charge is 0.484 e. The van der Waals surface area contributed by atoms with Gasteiger partial charge in [0.05, 0.1) is 0 Å². The minimum atomic E-state index is -0.443. The van der Waals surface area contributed by atoms with Gasteiger partial charge in [0, 0.05) is 12.0 Å². The van der Waals surface area contributed by atoms with E-state index in [0.717, 1.165) is 18.6 Å². The molecule has 0 saturated carbocycles. The molecule has 2 atom stereocenters. The van der Waals surface area contributed by atoms with E-state index < -0.39 is 5.91 Å². The first kappa shape index (κ1) is 17.1. The van der Waals surface area contributed by atoms with Gasteiger partial charge >= 0.3 is 0 Å². The number of nitrogens with zero attached hydrogens (tertiary/aromatic N) is 1. The van der Waals surface area contributed by atoms with Crippen molar-refractivity contribution in [2.75, 3.05) is 19.7 Å². The lowest BCUT2D eigenvalue weighted by atomic mass is 9.75. The van der Waals surface area contributed by atoms with Crippen LogP contribution in [0.2, 0.25) is 0 Å². The Hall–Kier alpha value is -2.33. The number of fused-ring (bicyclic) bond motifs is 1. The summed E-state index contributed by atoms with van der Waals surface area (Å²) in [5.41, 5.74) is 9.38. The Labute approximate surface area is 155 Å². The van der Waals surface area contributed by atoms with Crippen molar-refractivity contribution in [1.29, 1.82) is 0 Å². The van der Waals surface area contributed by atoms with Crippen molar-refractivity contribution in [3.05, 3.63) is 65.2 Å². The second-order valence-corrected chi connectivity index (χ2v) is 7.41. The number of rotatable bonds is 6. The molecule has 1 aliphatic carbocycles. The van der Waals surface area contributed by atoms with E-state index in [1.54, 1.807) is 0 Å². The topological polar surface area (TPSA) is 55.6 Å². The first-order chi connectivity index (χ1) is 12.7. The van der Waals surface area contributed by atoms with E-state index in [4.69, 9.17) is 10.5 Å². The average molecular weight is 350 g/mol. The maximum Gasteiger partial charge on any atom is 0.255 e. The summed E-state index contributed by atoms with van der Waals surface area (Å²) in [6.45, 7) is 2.35. The van der Waals surface area contributed by atoms with Crippen LogP contribution in [0.15, 0.2) is 48.5 Å². The normalized spacial score (nSPS) is 22.3. The molecule has 0 spiro atoms. The molecule has 4 heteroatoms. The highest BCUT2D eigenvalue weighted by Gasteiger charge is 2.35. The molecule has 2 aromatic carbocycles. The number of hydrogen-bond acceptors (Lipinski definition) is 3. The Balaban J connectivity index is 1.64.